The molecule has 1 N–H and O–H groups in total. The largest absolute Gasteiger partial charge is 0.416 e. The molecule has 2 aromatic heterocycles. The Hall–Kier alpha value is -3.67. The highest BCUT2D eigenvalue weighted by Crippen LogP contribution is 2.31. The van der Waals surface area contributed by atoms with Crippen LogP contribution in [0.25, 0.3) is 11.4 Å². The quantitative estimate of drug-likeness (QED) is 0.490. The number of carbonyl (C=O) groups excluding carboxylic acids is 1. The Morgan fingerprint density at radius 2 is 1.84 bits per heavy atom. The summed E-state index contributed by atoms with van der Waals surface area (Å²) in [7, 11) is 0. The highest BCUT2D eigenvalue weighted by molar-refractivity contribution is 7.13. The van der Waals surface area contributed by atoms with Crippen molar-refractivity contribution in [3.05, 3.63) is 75.7 Å². The highest BCUT2D eigenvalue weighted by Gasteiger charge is 2.30. The number of tetrazole rings is 1. The second-order valence-corrected chi connectivity index (χ2v) is 7.45. The third-order valence-corrected chi connectivity index (χ3v) is 5.04. The minimum Gasteiger partial charge on any atom is -0.346 e. The van der Waals surface area contributed by atoms with Crippen LogP contribution >= 0.6 is 11.3 Å². The molecule has 0 aliphatic rings. The van der Waals surface area contributed by atoms with Crippen molar-refractivity contribution in [1.29, 1.82) is 0 Å². The lowest BCUT2D eigenvalue weighted by atomic mass is 10.1. The van der Waals surface area contributed by atoms with E-state index in [1.807, 2.05) is 30.3 Å². The third-order valence-electron chi connectivity index (χ3n) is 4.13. The number of nitrogens with one attached hydrogen (secondary N) is 1. The van der Waals surface area contributed by atoms with E-state index in [1.54, 1.807) is 0 Å². The minimum absolute atomic E-state index is 0.0523. The predicted molar refractivity (Wildman–Crippen MR) is 105 cm³/mol. The maximum absolute atomic E-state index is 12.9. The molecule has 31 heavy (non-hydrogen) atoms. The van der Waals surface area contributed by atoms with Crippen molar-refractivity contribution in [2.45, 2.75) is 19.3 Å². The second kappa shape index (κ2) is 8.60. The molecule has 4 aromatic rings. The molecule has 1 amide bonds. The smallest absolute Gasteiger partial charge is 0.346 e. The van der Waals surface area contributed by atoms with Gasteiger partial charge < -0.3 is 5.32 Å². The molecule has 0 atom stereocenters. The first-order valence-electron chi connectivity index (χ1n) is 8.98. The number of hydrogen-bond donors (Lipinski definition) is 1. The number of alkyl halides is 3. The van der Waals surface area contributed by atoms with Gasteiger partial charge in [-0.3, -0.25) is 4.79 Å². The van der Waals surface area contributed by atoms with E-state index in [-0.39, 0.29) is 28.8 Å². The van der Waals surface area contributed by atoms with Crippen LogP contribution in [0.1, 0.15) is 25.9 Å². The van der Waals surface area contributed by atoms with E-state index in [0.717, 1.165) is 29.0 Å². The molecule has 12 heteroatoms. The maximum Gasteiger partial charge on any atom is 0.416 e. The van der Waals surface area contributed by atoms with Crippen LogP contribution in [0.3, 0.4) is 0 Å². The Bertz CT molecular complexity index is 1190. The minimum atomic E-state index is -4.46. The van der Waals surface area contributed by atoms with Crippen molar-refractivity contribution in [3.63, 3.8) is 0 Å². The maximum atomic E-state index is 12.9. The van der Waals surface area contributed by atoms with Gasteiger partial charge in [-0.2, -0.15) is 18.0 Å². The average molecular weight is 445 g/mol. The van der Waals surface area contributed by atoms with Crippen molar-refractivity contribution < 1.29 is 18.0 Å². The fourth-order valence-corrected chi connectivity index (χ4v) is 3.38. The van der Waals surface area contributed by atoms with Gasteiger partial charge in [0.05, 0.1) is 5.56 Å². The van der Waals surface area contributed by atoms with Crippen molar-refractivity contribution in [2.75, 3.05) is 0 Å². The van der Waals surface area contributed by atoms with Crippen molar-refractivity contribution in [2.24, 2.45) is 0 Å². The number of aromatic nitrogens is 6. The van der Waals surface area contributed by atoms with Crippen LogP contribution in [0.15, 0.2) is 54.6 Å². The molecule has 0 saturated heterocycles. The summed E-state index contributed by atoms with van der Waals surface area (Å²) in [5, 5.41) is 23.0. The Morgan fingerprint density at radius 1 is 1.03 bits per heavy atom. The molecular weight excluding hydrogens is 431 g/mol. The number of hydrogen-bond acceptors (Lipinski definition) is 7. The Kier molecular flexibility index (Phi) is 5.71. The van der Waals surface area contributed by atoms with E-state index >= 15 is 0 Å². The molecule has 0 spiro atoms. The number of nitrogens with zero attached hydrogens (tertiary/aromatic N) is 6. The van der Waals surface area contributed by atoms with Crippen molar-refractivity contribution >= 4 is 17.2 Å². The molecule has 0 aliphatic carbocycles. The van der Waals surface area contributed by atoms with Crippen LogP contribution in [-0.4, -0.2) is 36.3 Å². The number of benzene rings is 2. The Morgan fingerprint density at radius 3 is 2.61 bits per heavy atom. The molecule has 0 saturated carbocycles. The first-order valence-corrected chi connectivity index (χ1v) is 9.80. The molecule has 0 unspecified atom stereocenters. The van der Waals surface area contributed by atoms with E-state index < -0.39 is 11.7 Å². The van der Waals surface area contributed by atoms with Gasteiger partial charge in [-0.05, 0) is 22.9 Å². The number of rotatable bonds is 6. The summed E-state index contributed by atoms with van der Waals surface area (Å²) in [5.41, 5.74) is 0.352. The lowest BCUT2D eigenvalue weighted by Crippen LogP contribution is -2.22. The van der Waals surface area contributed by atoms with E-state index in [0.29, 0.717) is 11.6 Å². The van der Waals surface area contributed by atoms with E-state index in [2.05, 4.69) is 30.9 Å². The van der Waals surface area contributed by atoms with Gasteiger partial charge >= 0.3 is 6.18 Å². The van der Waals surface area contributed by atoms with Crippen LogP contribution in [0.5, 0.6) is 0 Å². The monoisotopic (exact) mass is 445 g/mol. The summed E-state index contributed by atoms with van der Waals surface area (Å²) in [6, 6.07) is 14.1. The average Bonchev–Trinajstić information content (AvgIpc) is 3.42. The highest BCUT2D eigenvalue weighted by atomic mass is 32.1. The topological polar surface area (TPSA) is 98.5 Å². The Balaban J connectivity index is 1.40. The van der Waals surface area contributed by atoms with Gasteiger partial charge in [-0.15, -0.1) is 20.4 Å². The molecule has 158 valence electrons. The normalized spacial score (nSPS) is 11.5. The summed E-state index contributed by atoms with van der Waals surface area (Å²) in [5.74, 6) is -0.305. The number of carbonyl (C=O) groups is 1. The summed E-state index contributed by atoms with van der Waals surface area (Å²) in [6.07, 6.45) is -4.46. The van der Waals surface area contributed by atoms with Gasteiger partial charge in [-0.1, -0.05) is 53.8 Å². The van der Waals surface area contributed by atoms with Gasteiger partial charge in [0.1, 0.15) is 11.6 Å². The van der Waals surface area contributed by atoms with Gasteiger partial charge in [0.15, 0.2) is 0 Å². The fourth-order valence-electron chi connectivity index (χ4n) is 2.64. The third kappa shape index (κ3) is 5.09. The number of halogens is 3. The molecule has 0 radical (unpaired) electrons. The van der Waals surface area contributed by atoms with Crippen LogP contribution < -0.4 is 5.32 Å². The molecule has 0 aliphatic heterocycles. The molecule has 2 heterocycles. The molecule has 8 nitrogen and oxygen atoms in total. The summed E-state index contributed by atoms with van der Waals surface area (Å²) >= 11 is 1.07. The van der Waals surface area contributed by atoms with Crippen molar-refractivity contribution in [1.82, 2.24) is 35.7 Å². The van der Waals surface area contributed by atoms with E-state index in [9.17, 15) is 18.0 Å². The second-order valence-electron chi connectivity index (χ2n) is 6.39. The summed E-state index contributed by atoms with van der Waals surface area (Å²) < 4.78 is 38.7. The van der Waals surface area contributed by atoms with Gasteiger partial charge in [0.2, 0.25) is 10.8 Å². The fraction of sp³-hybridized carbons (Fsp3) is 0.158. The van der Waals surface area contributed by atoms with Crippen LogP contribution in [0.2, 0.25) is 0 Å². The molecular formula is C19H14F3N7OS. The zero-order chi connectivity index (χ0) is 21.8. The van der Waals surface area contributed by atoms with Crippen LogP contribution in [-0.2, 0) is 19.3 Å². The van der Waals surface area contributed by atoms with Gasteiger partial charge in [0.25, 0.3) is 5.91 Å². The van der Waals surface area contributed by atoms with E-state index in [4.69, 9.17) is 0 Å². The number of amides is 1. The zero-order valence-corrected chi connectivity index (χ0v) is 16.6. The first kappa shape index (κ1) is 20.6. The standard InChI is InChI=1S/C19H14F3N7OS/c20-19(21,22)14-8-4-7-13(9-14)16-25-28-29(27-16)11-15-24-26-18(31-15)17(30)23-10-12-5-2-1-3-6-12/h1-9H,10-11H2,(H,23,30). The van der Waals surface area contributed by atoms with Gasteiger partial charge in [-0.25, -0.2) is 0 Å². The molecule has 0 bridgehead atoms. The van der Waals surface area contributed by atoms with E-state index in [1.165, 1.54) is 16.9 Å². The summed E-state index contributed by atoms with van der Waals surface area (Å²) in [6.45, 7) is 0.440. The Labute approximate surface area is 177 Å². The molecule has 4 rings (SSSR count). The molecule has 0 fully saturated rings. The predicted octanol–water partition coefficient (Wildman–Crippen LogP) is 3.19. The van der Waals surface area contributed by atoms with Crippen molar-refractivity contribution in [3.8, 4) is 11.4 Å². The van der Waals surface area contributed by atoms with Crippen LogP contribution in [0, 0.1) is 0 Å². The molecule has 2 aromatic carbocycles. The first-order chi connectivity index (χ1) is 14.9. The van der Waals surface area contributed by atoms with Crippen LogP contribution in [0.4, 0.5) is 13.2 Å². The zero-order valence-electron chi connectivity index (χ0n) is 15.7. The lowest BCUT2D eigenvalue weighted by molar-refractivity contribution is -0.137. The lowest BCUT2D eigenvalue weighted by Gasteiger charge is -2.06. The SMILES string of the molecule is O=C(NCc1ccccc1)c1nnc(Cn2nnc(-c3cccc(C(F)(F)F)c3)n2)s1. The van der Waals surface area contributed by atoms with Gasteiger partial charge in [0, 0.05) is 12.1 Å². The summed E-state index contributed by atoms with van der Waals surface area (Å²) in [4.78, 5) is 13.4.